The molecule has 1 aromatic heterocycles. The molecule has 0 aliphatic carbocycles. The van der Waals surface area contributed by atoms with Gasteiger partial charge in [0.25, 0.3) is 15.9 Å². The molecular formula is C21H21N3O3S. The van der Waals surface area contributed by atoms with E-state index in [9.17, 15) is 13.2 Å². The van der Waals surface area contributed by atoms with Crippen LogP contribution in [0.5, 0.6) is 0 Å². The summed E-state index contributed by atoms with van der Waals surface area (Å²) in [6, 6.07) is 16.4. The average molecular weight is 395 g/mol. The van der Waals surface area contributed by atoms with Crippen molar-refractivity contribution in [1.82, 2.24) is 10.3 Å². The van der Waals surface area contributed by atoms with Crippen LogP contribution in [0.2, 0.25) is 0 Å². The lowest BCUT2D eigenvalue weighted by Gasteiger charge is -2.15. The van der Waals surface area contributed by atoms with Gasteiger partial charge >= 0.3 is 0 Å². The Morgan fingerprint density at radius 1 is 1.00 bits per heavy atom. The number of aromatic nitrogens is 1. The first kappa shape index (κ1) is 19.6. The molecule has 3 rings (SSSR count). The van der Waals surface area contributed by atoms with Crippen molar-refractivity contribution in [3.63, 3.8) is 0 Å². The Morgan fingerprint density at radius 3 is 2.36 bits per heavy atom. The number of pyridine rings is 1. The molecular weight excluding hydrogens is 374 g/mol. The van der Waals surface area contributed by atoms with Gasteiger partial charge in [-0.2, -0.15) is 0 Å². The number of carbonyl (C=O) groups is 1. The predicted molar refractivity (Wildman–Crippen MR) is 109 cm³/mol. The topological polar surface area (TPSA) is 88.2 Å². The summed E-state index contributed by atoms with van der Waals surface area (Å²) in [7, 11) is -3.80. The Morgan fingerprint density at radius 2 is 1.68 bits per heavy atom. The number of sulfonamides is 1. The highest BCUT2D eigenvalue weighted by Gasteiger charge is 2.17. The largest absolute Gasteiger partial charge is 0.346 e. The van der Waals surface area contributed by atoms with E-state index in [1.54, 1.807) is 36.7 Å². The Labute approximate surface area is 164 Å². The third-order valence-electron chi connectivity index (χ3n) is 4.26. The van der Waals surface area contributed by atoms with E-state index in [0.29, 0.717) is 5.69 Å². The van der Waals surface area contributed by atoms with Crippen LogP contribution in [0.3, 0.4) is 0 Å². The van der Waals surface area contributed by atoms with Crippen molar-refractivity contribution in [3.8, 4) is 0 Å². The molecule has 6 nitrogen and oxygen atoms in total. The van der Waals surface area contributed by atoms with E-state index in [0.717, 1.165) is 11.1 Å². The molecule has 28 heavy (non-hydrogen) atoms. The van der Waals surface area contributed by atoms with Crippen LogP contribution >= 0.6 is 0 Å². The lowest BCUT2D eigenvalue weighted by Crippen LogP contribution is -2.27. The Balaban J connectivity index is 1.77. The number of aryl methyl sites for hydroxylation is 1. The van der Waals surface area contributed by atoms with Crippen molar-refractivity contribution < 1.29 is 13.2 Å². The first-order valence-corrected chi connectivity index (χ1v) is 10.2. The molecule has 3 aromatic rings. The average Bonchev–Trinajstić information content (AvgIpc) is 2.70. The number of anilines is 1. The zero-order chi connectivity index (χ0) is 20.1. The summed E-state index contributed by atoms with van der Waals surface area (Å²) in [4.78, 5) is 16.5. The molecule has 0 radical (unpaired) electrons. The van der Waals surface area contributed by atoms with E-state index in [2.05, 4.69) is 15.0 Å². The van der Waals surface area contributed by atoms with Crippen LogP contribution in [0.25, 0.3) is 0 Å². The van der Waals surface area contributed by atoms with Crippen molar-refractivity contribution in [2.75, 3.05) is 4.72 Å². The van der Waals surface area contributed by atoms with Gasteiger partial charge in [0.15, 0.2) is 0 Å². The number of nitrogens with one attached hydrogen (secondary N) is 2. The van der Waals surface area contributed by atoms with Crippen LogP contribution in [0, 0.1) is 6.92 Å². The van der Waals surface area contributed by atoms with Crippen LogP contribution in [-0.4, -0.2) is 19.3 Å². The fraction of sp³-hybridized carbons (Fsp3) is 0.143. The first-order valence-electron chi connectivity index (χ1n) is 8.75. The van der Waals surface area contributed by atoms with E-state index in [-0.39, 0.29) is 22.4 Å². The minimum atomic E-state index is -3.80. The number of carbonyl (C=O) groups excluding carboxylic acids is 1. The van der Waals surface area contributed by atoms with Gasteiger partial charge in [0.2, 0.25) is 0 Å². The predicted octanol–water partition coefficient (Wildman–Crippen LogP) is 3.68. The van der Waals surface area contributed by atoms with Crippen molar-refractivity contribution in [3.05, 3.63) is 89.7 Å². The molecule has 1 atom stereocenters. The van der Waals surface area contributed by atoms with E-state index < -0.39 is 10.0 Å². The summed E-state index contributed by atoms with van der Waals surface area (Å²) in [5, 5.41) is 2.87. The molecule has 0 saturated heterocycles. The number of rotatable bonds is 6. The quantitative estimate of drug-likeness (QED) is 0.666. The maximum atomic E-state index is 12.7. The van der Waals surface area contributed by atoms with Crippen LogP contribution in [0.4, 0.5) is 5.69 Å². The molecule has 0 aliphatic rings. The SMILES string of the molecule is Cc1ccc(NS(=O)(=O)c2cccc(C(=O)NC(C)c3ccncc3)c2)cc1. The van der Waals surface area contributed by atoms with Gasteiger partial charge in [0, 0.05) is 23.6 Å². The molecule has 0 aliphatic heterocycles. The third-order valence-corrected chi connectivity index (χ3v) is 5.64. The van der Waals surface area contributed by atoms with E-state index in [1.807, 2.05) is 38.1 Å². The second-order valence-corrected chi connectivity index (χ2v) is 8.16. The van der Waals surface area contributed by atoms with Gasteiger partial charge in [0.05, 0.1) is 10.9 Å². The summed E-state index contributed by atoms with van der Waals surface area (Å²) < 4.78 is 27.8. The Bertz CT molecular complexity index is 1070. The van der Waals surface area contributed by atoms with Crippen LogP contribution in [-0.2, 0) is 10.0 Å². The smallest absolute Gasteiger partial charge is 0.261 e. The molecule has 2 aromatic carbocycles. The molecule has 144 valence electrons. The minimum absolute atomic E-state index is 0.0253. The second-order valence-electron chi connectivity index (χ2n) is 6.48. The summed E-state index contributed by atoms with van der Waals surface area (Å²) in [5.41, 5.74) is 2.68. The lowest BCUT2D eigenvalue weighted by atomic mass is 10.1. The first-order chi connectivity index (χ1) is 13.3. The number of nitrogens with zero attached hydrogens (tertiary/aromatic N) is 1. The van der Waals surface area contributed by atoms with Crippen molar-refractivity contribution in [1.29, 1.82) is 0 Å². The molecule has 0 spiro atoms. The Hall–Kier alpha value is -3.19. The maximum absolute atomic E-state index is 12.7. The monoisotopic (exact) mass is 395 g/mol. The maximum Gasteiger partial charge on any atom is 0.261 e. The van der Waals surface area contributed by atoms with Crippen LogP contribution in [0.15, 0.2) is 78.0 Å². The second kappa shape index (κ2) is 8.22. The van der Waals surface area contributed by atoms with Crippen molar-refractivity contribution in [2.24, 2.45) is 0 Å². The van der Waals surface area contributed by atoms with Crippen LogP contribution < -0.4 is 10.0 Å². The molecule has 1 heterocycles. The number of benzene rings is 2. The molecule has 1 unspecified atom stereocenters. The van der Waals surface area contributed by atoms with E-state index >= 15 is 0 Å². The lowest BCUT2D eigenvalue weighted by molar-refractivity contribution is 0.0939. The van der Waals surface area contributed by atoms with Gasteiger partial charge in [-0.1, -0.05) is 23.8 Å². The molecule has 7 heteroatoms. The highest BCUT2D eigenvalue weighted by atomic mass is 32.2. The van der Waals surface area contributed by atoms with Gasteiger partial charge in [-0.25, -0.2) is 8.42 Å². The van der Waals surface area contributed by atoms with E-state index in [1.165, 1.54) is 12.1 Å². The van der Waals surface area contributed by atoms with Crippen LogP contribution in [0.1, 0.15) is 34.5 Å². The third kappa shape index (κ3) is 4.75. The van der Waals surface area contributed by atoms with E-state index in [4.69, 9.17) is 0 Å². The normalized spacial score (nSPS) is 12.2. The van der Waals surface area contributed by atoms with Gasteiger partial charge in [0.1, 0.15) is 0 Å². The minimum Gasteiger partial charge on any atom is -0.346 e. The van der Waals surface area contributed by atoms with Gasteiger partial charge in [-0.15, -0.1) is 0 Å². The fourth-order valence-electron chi connectivity index (χ4n) is 2.66. The van der Waals surface area contributed by atoms with Crippen molar-refractivity contribution >= 4 is 21.6 Å². The fourth-order valence-corrected chi connectivity index (χ4v) is 3.76. The van der Waals surface area contributed by atoms with Gasteiger partial charge in [-0.05, 0) is 61.9 Å². The number of hydrogen-bond donors (Lipinski definition) is 2. The van der Waals surface area contributed by atoms with Gasteiger partial charge < -0.3 is 5.32 Å². The Kier molecular flexibility index (Phi) is 5.75. The molecule has 1 amide bonds. The highest BCUT2D eigenvalue weighted by molar-refractivity contribution is 7.92. The molecule has 0 saturated carbocycles. The summed E-state index contributed by atoms with van der Waals surface area (Å²) in [6.45, 7) is 3.78. The number of hydrogen-bond acceptors (Lipinski definition) is 4. The standard InChI is InChI=1S/C21H21N3O3S/c1-15-6-8-19(9-7-15)24-28(26,27)20-5-3-4-18(14-20)21(25)23-16(2)17-10-12-22-13-11-17/h3-14,16,24H,1-2H3,(H,23,25). The van der Waals surface area contributed by atoms with Crippen molar-refractivity contribution in [2.45, 2.75) is 24.8 Å². The summed E-state index contributed by atoms with van der Waals surface area (Å²) >= 11 is 0. The zero-order valence-electron chi connectivity index (χ0n) is 15.6. The molecule has 0 fully saturated rings. The van der Waals surface area contributed by atoms with Gasteiger partial charge in [-0.3, -0.25) is 14.5 Å². The highest BCUT2D eigenvalue weighted by Crippen LogP contribution is 2.18. The number of amides is 1. The summed E-state index contributed by atoms with van der Waals surface area (Å²) in [6.07, 6.45) is 3.31. The molecule has 0 bridgehead atoms. The summed E-state index contributed by atoms with van der Waals surface area (Å²) in [5.74, 6) is -0.350. The molecule has 2 N–H and O–H groups in total. The zero-order valence-corrected chi connectivity index (χ0v) is 16.4.